The monoisotopic (exact) mass is 526 g/mol. The molecular formula is C30H38N8O. The van der Waals surface area contributed by atoms with Crippen molar-refractivity contribution in [2.75, 3.05) is 49.5 Å². The van der Waals surface area contributed by atoms with Gasteiger partial charge in [-0.25, -0.2) is 4.98 Å². The Labute approximate surface area is 230 Å². The summed E-state index contributed by atoms with van der Waals surface area (Å²) in [7, 11) is 0. The zero-order chi connectivity index (χ0) is 26.9. The molecule has 204 valence electrons. The first-order valence-corrected chi connectivity index (χ1v) is 14.2. The molecule has 1 fully saturated rings. The molecule has 2 aromatic heterocycles. The highest BCUT2D eigenvalue weighted by Crippen LogP contribution is 2.35. The molecule has 1 aliphatic carbocycles. The number of benzene rings is 1. The number of nitrogens with zero attached hydrogens (tertiary/aromatic N) is 6. The predicted octanol–water partition coefficient (Wildman–Crippen LogP) is 3.85. The SMILES string of the molecule is CC(C)N1CCCc2cc(-c3nc4cnccn4c3NCC(=O)N3CCN(C4CCC=CC4=N)CC3)ccc21. The number of hydrogen-bond donors (Lipinski definition) is 2. The molecule has 1 aromatic carbocycles. The normalized spacial score (nSPS) is 20.1. The Kier molecular flexibility index (Phi) is 7.08. The molecule has 2 aliphatic heterocycles. The fourth-order valence-corrected chi connectivity index (χ4v) is 6.25. The Morgan fingerprint density at radius 1 is 1.18 bits per heavy atom. The first-order valence-electron chi connectivity index (χ1n) is 14.2. The van der Waals surface area contributed by atoms with Crippen LogP contribution < -0.4 is 10.2 Å². The van der Waals surface area contributed by atoms with Crippen LogP contribution in [0.5, 0.6) is 0 Å². The van der Waals surface area contributed by atoms with Gasteiger partial charge >= 0.3 is 0 Å². The summed E-state index contributed by atoms with van der Waals surface area (Å²) in [6, 6.07) is 7.29. The van der Waals surface area contributed by atoms with E-state index in [9.17, 15) is 4.79 Å². The van der Waals surface area contributed by atoms with E-state index in [2.05, 4.69) is 58.2 Å². The summed E-state index contributed by atoms with van der Waals surface area (Å²) in [6.07, 6.45) is 13.6. The van der Waals surface area contributed by atoms with E-state index in [1.54, 1.807) is 12.4 Å². The molecule has 0 radical (unpaired) electrons. The second-order valence-electron chi connectivity index (χ2n) is 11.1. The Bertz CT molecular complexity index is 1400. The molecule has 9 nitrogen and oxygen atoms in total. The van der Waals surface area contributed by atoms with Crippen molar-refractivity contribution in [3.63, 3.8) is 0 Å². The summed E-state index contributed by atoms with van der Waals surface area (Å²) in [6.45, 7) is 8.78. The predicted molar refractivity (Wildman–Crippen MR) is 156 cm³/mol. The van der Waals surface area contributed by atoms with Crippen LogP contribution in [-0.4, -0.2) is 87.1 Å². The minimum atomic E-state index is 0.0845. The van der Waals surface area contributed by atoms with Gasteiger partial charge in [-0.2, -0.15) is 0 Å². The van der Waals surface area contributed by atoms with Crippen molar-refractivity contribution in [2.24, 2.45) is 0 Å². The van der Waals surface area contributed by atoms with Gasteiger partial charge in [0.25, 0.3) is 0 Å². The van der Waals surface area contributed by atoms with Gasteiger partial charge in [0.1, 0.15) is 11.5 Å². The van der Waals surface area contributed by atoms with Crippen molar-refractivity contribution in [3.8, 4) is 11.3 Å². The molecule has 9 heteroatoms. The summed E-state index contributed by atoms with van der Waals surface area (Å²) in [5, 5.41) is 11.7. The van der Waals surface area contributed by atoms with Crippen LogP contribution in [-0.2, 0) is 11.2 Å². The van der Waals surface area contributed by atoms with Gasteiger partial charge in [0.15, 0.2) is 5.65 Å². The van der Waals surface area contributed by atoms with Crippen LogP contribution in [0.25, 0.3) is 16.9 Å². The van der Waals surface area contributed by atoms with Crippen LogP contribution in [0, 0.1) is 5.41 Å². The number of aryl methyl sites for hydroxylation is 1. The van der Waals surface area contributed by atoms with Crippen LogP contribution in [0.1, 0.15) is 38.7 Å². The van der Waals surface area contributed by atoms with E-state index in [-0.39, 0.29) is 18.5 Å². The maximum absolute atomic E-state index is 13.3. The average molecular weight is 527 g/mol. The lowest BCUT2D eigenvalue weighted by molar-refractivity contribution is -0.131. The smallest absolute Gasteiger partial charge is 0.242 e. The third-order valence-corrected chi connectivity index (χ3v) is 8.34. The van der Waals surface area contributed by atoms with Gasteiger partial charge in [0.2, 0.25) is 5.91 Å². The molecule has 1 atom stereocenters. The van der Waals surface area contributed by atoms with Crippen LogP contribution >= 0.6 is 0 Å². The van der Waals surface area contributed by atoms with E-state index in [0.29, 0.717) is 24.8 Å². The van der Waals surface area contributed by atoms with Gasteiger partial charge in [-0.05, 0) is 63.3 Å². The lowest BCUT2D eigenvalue weighted by Gasteiger charge is -2.40. The van der Waals surface area contributed by atoms with Gasteiger partial charge in [0, 0.05) is 68.1 Å². The molecule has 3 aliphatic rings. The fourth-order valence-electron chi connectivity index (χ4n) is 6.25. The summed E-state index contributed by atoms with van der Waals surface area (Å²) >= 11 is 0. The first-order chi connectivity index (χ1) is 19.0. The van der Waals surface area contributed by atoms with Crippen molar-refractivity contribution in [3.05, 3.63) is 54.5 Å². The highest BCUT2D eigenvalue weighted by molar-refractivity contribution is 5.97. The van der Waals surface area contributed by atoms with Crippen molar-refractivity contribution in [2.45, 2.75) is 51.6 Å². The average Bonchev–Trinajstić information content (AvgIpc) is 3.34. The molecule has 1 amide bonds. The minimum absolute atomic E-state index is 0.0845. The number of nitrogens with one attached hydrogen (secondary N) is 2. The van der Waals surface area contributed by atoms with Crippen LogP contribution in [0.15, 0.2) is 48.9 Å². The molecular weight excluding hydrogens is 488 g/mol. The number of rotatable bonds is 6. The van der Waals surface area contributed by atoms with E-state index >= 15 is 0 Å². The highest BCUT2D eigenvalue weighted by Gasteiger charge is 2.29. The second kappa shape index (κ2) is 10.8. The molecule has 2 N–H and O–H groups in total. The largest absolute Gasteiger partial charge is 0.369 e. The van der Waals surface area contributed by atoms with Crippen LogP contribution in [0.4, 0.5) is 11.5 Å². The maximum Gasteiger partial charge on any atom is 0.242 e. The third kappa shape index (κ3) is 5.03. The van der Waals surface area contributed by atoms with Gasteiger partial charge in [-0.15, -0.1) is 0 Å². The first kappa shape index (κ1) is 25.6. The summed E-state index contributed by atoms with van der Waals surface area (Å²) in [5.41, 5.74) is 6.00. The van der Waals surface area contributed by atoms with Crippen molar-refractivity contribution in [1.82, 2.24) is 24.2 Å². The van der Waals surface area contributed by atoms with E-state index in [0.717, 1.165) is 68.0 Å². The summed E-state index contributed by atoms with van der Waals surface area (Å²) < 4.78 is 1.98. The van der Waals surface area contributed by atoms with Crippen molar-refractivity contribution < 1.29 is 4.79 Å². The molecule has 4 heterocycles. The molecule has 6 rings (SSSR count). The molecule has 3 aromatic rings. The quantitative estimate of drug-likeness (QED) is 0.507. The Morgan fingerprint density at radius 3 is 2.82 bits per heavy atom. The number of aromatic nitrogens is 3. The lowest BCUT2D eigenvalue weighted by atomic mass is 9.97. The molecule has 0 spiro atoms. The van der Waals surface area contributed by atoms with E-state index in [1.165, 1.54) is 11.3 Å². The number of carbonyl (C=O) groups excluding carboxylic acids is 1. The zero-order valence-electron chi connectivity index (χ0n) is 22.9. The number of amides is 1. The van der Waals surface area contributed by atoms with E-state index in [1.807, 2.05) is 21.6 Å². The topological polar surface area (TPSA) is 92.9 Å². The lowest BCUT2D eigenvalue weighted by Crippen LogP contribution is -2.54. The summed E-state index contributed by atoms with van der Waals surface area (Å²) in [4.78, 5) is 29.2. The van der Waals surface area contributed by atoms with Crippen molar-refractivity contribution >= 4 is 28.8 Å². The molecule has 1 saturated heterocycles. The molecule has 0 bridgehead atoms. The Hall–Kier alpha value is -3.72. The van der Waals surface area contributed by atoms with Crippen LogP contribution in [0.2, 0.25) is 0 Å². The number of fused-ring (bicyclic) bond motifs is 2. The van der Waals surface area contributed by atoms with E-state index < -0.39 is 0 Å². The number of hydrogen-bond acceptors (Lipinski definition) is 7. The zero-order valence-corrected chi connectivity index (χ0v) is 22.9. The third-order valence-electron chi connectivity index (χ3n) is 8.34. The van der Waals surface area contributed by atoms with Crippen LogP contribution in [0.3, 0.4) is 0 Å². The fraction of sp³-hybridized carbons (Fsp3) is 0.467. The number of allylic oxidation sites excluding steroid dienone is 1. The van der Waals surface area contributed by atoms with Gasteiger partial charge in [0.05, 0.1) is 18.8 Å². The number of anilines is 2. The molecule has 39 heavy (non-hydrogen) atoms. The maximum atomic E-state index is 13.3. The number of carbonyl (C=O) groups is 1. The van der Waals surface area contributed by atoms with Gasteiger partial charge < -0.3 is 20.5 Å². The minimum Gasteiger partial charge on any atom is -0.369 e. The van der Waals surface area contributed by atoms with Crippen molar-refractivity contribution in [1.29, 1.82) is 5.41 Å². The molecule has 1 unspecified atom stereocenters. The highest BCUT2D eigenvalue weighted by atomic mass is 16.2. The standard InChI is InChI=1S/C30H38N8O/c1-21(2)37-12-5-6-22-18-23(9-10-25(22)37)29-30(38-13-11-32-19-27(38)34-29)33-20-28(39)36-16-14-35(15-17-36)26-8-4-3-7-24(26)31/h3,7,9-11,13,18-19,21,26,31,33H,4-6,8,12,14-17,20H2,1-2H3. The summed E-state index contributed by atoms with van der Waals surface area (Å²) in [5.74, 6) is 0.902. The second-order valence-corrected chi connectivity index (χ2v) is 11.1. The van der Waals surface area contributed by atoms with Gasteiger partial charge in [-0.1, -0.05) is 12.1 Å². The molecule has 0 saturated carbocycles. The number of piperazine rings is 1. The Balaban J connectivity index is 1.18. The number of imidazole rings is 1. The van der Waals surface area contributed by atoms with E-state index in [4.69, 9.17) is 10.4 Å². The Morgan fingerprint density at radius 2 is 2.03 bits per heavy atom. The van der Waals surface area contributed by atoms with Gasteiger partial charge in [-0.3, -0.25) is 19.1 Å².